The number of hydrazine groups is 1. The molecule has 0 fully saturated rings. The van der Waals surface area contributed by atoms with Crippen molar-refractivity contribution in [2.45, 2.75) is 12.6 Å². The molecule has 0 radical (unpaired) electrons. The molecule has 0 aromatic heterocycles. The molecule has 1 aliphatic heterocycles. The maximum absolute atomic E-state index is 11.7. The molecule has 0 saturated heterocycles. The van der Waals surface area contributed by atoms with Gasteiger partial charge < -0.3 is 15.4 Å². The van der Waals surface area contributed by atoms with Gasteiger partial charge in [0.2, 0.25) is 11.6 Å². The molecule has 1 aliphatic rings. The molecule has 168 valence electrons. The molecule has 3 aromatic rings. The van der Waals surface area contributed by atoms with Crippen LogP contribution >= 0.6 is 0 Å². The van der Waals surface area contributed by atoms with Crippen molar-refractivity contribution < 1.29 is 9.53 Å². The number of anilines is 2. The summed E-state index contributed by atoms with van der Waals surface area (Å²) in [6, 6.07) is 27.6. The van der Waals surface area contributed by atoms with E-state index in [4.69, 9.17) is 4.74 Å². The minimum Gasteiger partial charge on any atom is -0.463 e. The van der Waals surface area contributed by atoms with E-state index in [0.29, 0.717) is 5.69 Å². The molecular weight excluding hydrogens is 412 g/mol. The monoisotopic (exact) mass is 440 g/mol. The lowest BCUT2D eigenvalue weighted by molar-refractivity contribution is -0.114. The minimum absolute atomic E-state index is 0.126. The second kappa shape index (κ2) is 9.73. The van der Waals surface area contributed by atoms with Crippen molar-refractivity contribution in [3.05, 3.63) is 114 Å². The summed E-state index contributed by atoms with van der Waals surface area (Å²) < 4.78 is 6.64. The van der Waals surface area contributed by atoms with Crippen LogP contribution in [0.5, 0.6) is 0 Å². The van der Waals surface area contributed by atoms with Gasteiger partial charge in [0.05, 0.1) is 11.4 Å². The molecule has 3 N–H and O–H groups in total. The Hall–Kier alpha value is -3.87. The Labute approximate surface area is 194 Å². The Morgan fingerprint density at radius 1 is 0.848 bits per heavy atom. The molecule has 1 heterocycles. The Morgan fingerprint density at radius 3 is 2.09 bits per heavy atom. The fourth-order valence-electron chi connectivity index (χ4n) is 3.78. The standard InChI is InChI=1S/C27H28N4O2/c1-20(32)28-24-16-10-11-17-25(24)29-23-18-26(21-12-6-4-7-13-21)33-27(19-23,30-31(2)3)22-14-8-5-9-15-22/h4-19,29-30H,1-3H3,(H,28,32). The third-order valence-corrected chi connectivity index (χ3v) is 5.08. The molecule has 33 heavy (non-hydrogen) atoms. The highest BCUT2D eigenvalue weighted by atomic mass is 16.5. The second-order valence-corrected chi connectivity index (χ2v) is 8.04. The lowest BCUT2D eigenvalue weighted by Gasteiger charge is -2.39. The van der Waals surface area contributed by atoms with Crippen molar-refractivity contribution in [3.8, 4) is 0 Å². The SMILES string of the molecule is CC(=O)Nc1ccccc1NC1=CC(NN(C)C)(c2ccccc2)OC(c2ccccc2)=C1. The number of rotatable bonds is 7. The number of benzene rings is 3. The fourth-order valence-corrected chi connectivity index (χ4v) is 3.78. The van der Waals surface area contributed by atoms with Gasteiger partial charge in [0.1, 0.15) is 5.76 Å². The van der Waals surface area contributed by atoms with Crippen molar-refractivity contribution in [1.29, 1.82) is 0 Å². The van der Waals surface area contributed by atoms with Crippen molar-refractivity contribution in [3.63, 3.8) is 0 Å². The zero-order chi connectivity index (χ0) is 23.3. The van der Waals surface area contributed by atoms with E-state index < -0.39 is 5.72 Å². The summed E-state index contributed by atoms with van der Waals surface area (Å²) in [6.45, 7) is 1.50. The van der Waals surface area contributed by atoms with E-state index in [-0.39, 0.29) is 5.91 Å². The first-order chi connectivity index (χ1) is 15.9. The average molecular weight is 441 g/mol. The van der Waals surface area contributed by atoms with Gasteiger partial charge in [-0.15, -0.1) is 0 Å². The van der Waals surface area contributed by atoms with E-state index in [1.165, 1.54) is 6.92 Å². The molecule has 6 nitrogen and oxygen atoms in total. The molecule has 1 amide bonds. The predicted octanol–water partition coefficient (Wildman–Crippen LogP) is 4.93. The summed E-state index contributed by atoms with van der Waals surface area (Å²) in [5, 5.41) is 8.25. The summed E-state index contributed by atoms with van der Waals surface area (Å²) in [5.41, 5.74) is 6.75. The molecule has 0 aliphatic carbocycles. The number of nitrogens with zero attached hydrogens (tertiary/aromatic N) is 1. The Morgan fingerprint density at radius 2 is 1.45 bits per heavy atom. The molecule has 6 heteroatoms. The maximum Gasteiger partial charge on any atom is 0.221 e. The van der Waals surface area contributed by atoms with Gasteiger partial charge in [-0.25, -0.2) is 10.4 Å². The first kappa shape index (κ1) is 22.3. The van der Waals surface area contributed by atoms with Crippen LogP contribution in [0.15, 0.2) is 103 Å². The van der Waals surface area contributed by atoms with Crippen LogP contribution in [-0.4, -0.2) is 25.0 Å². The number of ether oxygens (including phenoxy) is 1. The van der Waals surface area contributed by atoms with Gasteiger partial charge in [-0.05, 0) is 12.1 Å². The smallest absolute Gasteiger partial charge is 0.221 e. The van der Waals surface area contributed by atoms with Crippen LogP contribution in [0.4, 0.5) is 11.4 Å². The van der Waals surface area contributed by atoms with Gasteiger partial charge in [-0.2, -0.15) is 0 Å². The normalized spacial score (nSPS) is 17.6. The molecular formula is C27H28N4O2. The lowest BCUT2D eigenvalue weighted by Crippen LogP contribution is -2.50. The number of hydrogen-bond donors (Lipinski definition) is 3. The lowest BCUT2D eigenvalue weighted by atomic mass is 9.98. The quantitative estimate of drug-likeness (QED) is 0.455. The zero-order valence-electron chi connectivity index (χ0n) is 19.0. The maximum atomic E-state index is 11.7. The average Bonchev–Trinajstić information content (AvgIpc) is 2.81. The molecule has 4 rings (SSSR count). The van der Waals surface area contributed by atoms with Gasteiger partial charge in [-0.3, -0.25) is 4.79 Å². The largest absolute Gasteiger partial charge is 0.463 e. The van der Waals surface area contributed by atoms with Crippen LogP contribution in [0.25, 0.3) is 5.76 Å². The minimum atomic E-state index is -0.948. The fraction of sp³-hybridized carbons (Fsp3) is 0.148. The highest BCUT2D eigenvalue weighted by molar-refractivity contribution is 5.93. The van der Waals surface area contributed by atoms with E-state index in [9.17, 15) is 4.79 Å². The Kier molecular flexibility index (Phi) is 6.58. The van der Waals surface area contributed by atoms with E-state index in [2.05, 4.69) is 16.1 Å². The zero-order valence-corrected chi connectivity index (χ0v) is 19.0. The van der Waals surface area contributed by atoms with Gasteiger partial charge in [0.15, 0.2) is 0 Å². The van der Waals surface area contributed by atoms with Crippen LogP contribution in [-0.2, 0) is 15.3 Å². The van der Waals surface area contributed by atoms with Crippen LogP contribution in [0, 0.1) is 0 Å². The van der Waals surface area contributed by atoms with Gasteiger partial charge in [0.25, 0.3) is 0 Å². The summed E-state index contributed by atoms with van der Waals surface area (Å²) in [6.07, 6.45) is 3.98. The molecule has 0 bridgehead atoms. The van der Waals surface area contributed by atoms with Gasteiger partial charge in [0, 0.05) is 50.0 Å². The topological polar surface area (TPSA) is 65.6 Å². The highest BCUT2D eigenvalue weighted by Gasteiger charge is 2.37. The van der Waals surface area contributed by atoms with Crippen molar-refractivity contribution >= 4 is 23.0 Å². The van der Waals surface area contributed by atoms with E-state index >= 15 is 0 Å². The van der Waals surface area contributed by atoms with Gasteiger partial charge in [-0.1, -0.05) is 72.8 Å². The van der Waals surface area contributed by atoms with Crippen LogP contribution in [0.1, 0.15) is 18.1 Å². The number of carbonyl (C=O) groups is 1. The van der Waals surface area contributed by atoms with Crippen molar-refractivity contribution in [2.24, 2.45) is 0 Å². The van der Waals surface area contributed by atoms with Crippen molar-refractivity contribution in [2.75, 3.05) is 24.7 Å². The van der Waals surface area contributed by atoms with E-state index in [1.807, 2.05) is 116 Å². The molecule has 0 saturated carbocycles. The molecule has 1 unspecified atom stereocenters. The van der Waals surface area contributed by atoms with Crippen LogP contribution in [0.2, 0.25) is 0 Å². The molecule has 1 atom stereocenters. The molecule has 3 aromatic carbocycles. The van der Waals surface area contributed by atoms with Crippen LogP contribution in [0.3, 0.4) is 0 Å². The number of allylic oxidation sites excluding steroid dienone is 1. The molecule has 0 spiro atoms. The van der Waals surface area contributed by atoms with Crippen molar-refractivity contribution in [1.82, 2.24) is 10.4 Å². The van der Waals surface area contributed by atoms with Crippen LogP contribution < -0.4 is 16.1 Å². The summed E-state index contributed by atoms with van der Waals surface area (Å²) in [5.74, 6) is 0.592. The summed E-state index contributed by atoms with van der Waals surface area (Å²) >= 11 is 0. The number of para-hydroxylation sites is 2. The third kappa shape index (κ3) is 5.31. The predicted molar refractivity (Wildman–Crippen MR) is 133 cm³/mol. The Balaban J connectivity index is 1.82. The summed E-state index contributed by atoms with van der Waals surface area (Å²) in [4.78, 5) is 11.7. The van der Waals surface area contributed by atoms with Gasteiger partial charge >= 0.3 is 0 Å². The Bertz CT molecular complexity index is 1170. The van der Waals surface area contributed by atoms with E-state index in [1.54, 1.807) is 0 Å². The third-order valence-electron chi connectivity index (χ3n) is 5.08. The highest BCUT2D eigenvalue weighted by Crippen LogP contribution is 2.37. The van der Waals surface area contributed by atoms with E-state index in [0.717, 1.165) is 28.3 Å². The summed E-state index contributed by atoms with van der Waals surface area (Å²) in [7, 11) is 3.86. The number of carbonyl (C=O) groups excluding carboxylic acids is 1. The first-order valence-electron chi connectivity index (χ1n) is 10.8. The first-order valence-corrected chi connectivity index (χ1v) is 10.8. The number of nitrogens with one attached hydrogen (secondary N) is 3. The number of amides is 1. The second-order valence-electron chi connectivity index (χ2n) is 8.04. The number of hydrogen-bond acceptors (Lipinski definition) is 5.